The molecular weight excluding hydrogens is 740 g/mol. The number of ether oxygens (including phenoxy) is 2. The monoisotopic (exact) mass is 804 g/mol. The minimum atomic E-state index is -2.06. The predicted octanol–water partition coefficient (Wildman–Crippen LogP) is 7.06. The van der Waals surface area contributed by atoms with Crippen LogP contribution < -0.4 is 0 Å². The van der Waals surface area contributed by atoms with Gasteiger partial charge in [-0.25, -0.2) is 4.39 Å². The number of ketones is 3. The van der Waals surface area contributed by atoms with Crippen molar-refractivity contribution in [3.8, 4) is 0 Å². The fraction of sp³-hybridized carbons (Fsp3) is 0.771. The van der Waals surface area contributed by atoms with Crippen molar-refractivity contribution >= 4 is 29.6 Å². The summed E-state index contributed by atoms with van der Waals surface area (Å²) in [5, 5.41) is 24.0. The van der Waals surface area contributed by atoms with Crippen LogP contribution in [0.25, 0.3) is 0 Å². The van der Waals surface area contributed by atoms with E-state index in [1.54, 1.807) is 26.8 Å². The minimum absolute atomic E-state index is 0.0460. The van der Waals surface area contributed by atoms with E-state index in [0.29, 0.717) is 66.8 Å². The Bertz CT molecular complexity index is 1830. The van der Waals surface area contributed by atoms with Gasteiger partial charge in [-0.1, -0.05) is 51.8 Å². The van der Waals surface area contributed by atoms with E-state index in [4.69, 9.17) is 9.47 Å². The van der Waals surface area contributed by atoms with Crippen molar-refractivity contribution < 1.29 is 48.0 Å². The number of carbonyl (C=O) groups excluding carboxylic acids is 5. The highest BCUT2D eigenvalue weighted by Gasteiger charge is 2.75. The van der Waals surface area contributed by atoms with E-state index in [9.17, 15) is 34.2 Å². The molecule has 58 heavy (non-hydrogen) atoms. The van der Waals surface area contributed by atoms with Gasteiger partial charge in [0.2, 0.25) is 0 Å². The van der Waals surface area contributed by atoms with Crippen LogP contribution in [0.4, 0.5) is 4.39 Å². The summed E-state index contributed by atoms with van der Waals surface area (Å²) in [5.41, 5.74) is -4.33. The number of esters is 1. The lowest BCUT2D eigenvalue weighted by molar-refractivity contribution is -0.220. The molecule has 10 heteroatoms. The van der Waals surface area contributed by atoms with Gasteiger partial charge in [0, 0.05) is 40.9 Å². The Labute approximate surface area is 343 Å². The molecule has 8 aliphatic rings. The highest BCUT2D eigenvalue weighted by atomic mass is 19.1. The first kappa shape index (κ1) is 41.9. The van der Waals surface area contributed by atoms with E-state index in [0.717, 1.165) is 38.4 Å². The molecule has 2 N–H and O–H groups in total. The van der Waals surface area contributed by atoms with Crippen molar-refractivity contribution in [3.63, 3.8) is 0 Å². The van der Waals surface area contributed by atoms with Crippen LogP contribution >= 0.6 is 0 Å². The van der Waals surface area contributed by atoms with E-state index in [1.807, 2.05) is 6.08 Å². The Kier molecular flexibility index (Phi) is 10.6. The number of alkyl halides is 1. The molecule has 0 saturated heterocycles. The standard InChI is InChI=1S/C48H65FO9/c1-26-17-30-19-32(51)9-10-34(30)42-27(2)21-44(4)36(43(26)42)12-13-40(44)58-41(55)14-7-29(23-50)24-57-25-39(54)48(56)28(3)18-37-35-11-8-31-20-33(52)15-16-45(31,5)47(35,49)38(53)22-46(37,48)6/h15-16,19-20,23,26-29,34-38,40,42-43,53,56H,7-14,17-18,21-22,24-25H2,1-6H3. The second-order valence-corrected chi connectivity index (χ2v) is 21.1. The van der Waals surface area contributed by atoms with E-state index in [2.05, 4.69) is 20.8 Å². The van der Waals surface area contributed by atoms with Gasteiger partial charge < -0.3 is 24.5 Å². The van der Waals surface area contributed by atoms with Gasteiger partial charge in [0.1, 0.15) is 24.6 Å². The van der Waals surface area contributed by atoms with Crippen molar-refractivity contribution in [3.05, 3.63) is 35.5 Å². The Morgan fingerprint density at radius 2 is 1.72 bits per heavy atom. The molecule has 8 rings (SSSR count). The largest absolute Gasteiger partial charge is 0.462 e. The number of aliphatic hydroxyl groups is 2. The lowest BCUT2D eigenvalue weighted by atomic mass is 9.44. The minimum Gasteiger partial charge on any atom is -0.462 e. The maximum absolute atomic E-state index is 17.5. The van der Waals surface area contributed by atoms with Gasteiger partial charge in [-0.05, 0) is 137 Å². The fourth-order valence-electron chi connectivity index (χ4n) is 15.5. The zero-order valence-electron chi connectivity index (χ0n) is 35.3. The lowest BCUT2D eigenvalue weighted by Gasteiger charge is -2.62. The van der Waals surface area contributed by atoms with Gasteiger partial charge in [-0.15, -0.1) is 0 Å². The van der Waals surface area contributed by atoms with E-state index in [1.165, 1.54) is 17.7 Å². The Hall–Kier alpha value is -2.82. The first-order valence-electron chi connectivity index (χ1n) is 22.4. The number of halogens is 1. The van der Waals surface area contributed by atoms with Crippen LogP contribution in [-0.2, 0) is 33.4 Å². The summed E-state index contributed by atoms with van der Waals surface area (Å²) in [7, 11) is 0. The average Bonchev–Trinajstić information content (AvgIpc) is 3.59. The zero-order chi connectivity index (χ0) is 41.7. The predicted molar refractivity (Wildman–Crippen MR) is 214 cm³/mol. The molecular formula is C48H65FO9. The highest BCUT2D eigenvalue weighted by molar-refractivity contribution is 6.01. The summed E-state index contributed by atoms with van der Waals surface area (Å²) < 4.78 is 29.6. The molecule has 0 spiro atoms. The molecule has 318 valence electrons. The number of aliphatic hydroxyl groups excluding tert-OH is 1. The maximum atomic E-state index is 17.5. The second kappa shape index (κ2) is 14.7. The van der Waals surface area contributed by atoms with E-state index in [-0.39, 0.29) is 54.9 Å². The number of hydrogen-bond donors (Lipinski definition) is 2. The van der Waals surface area contributed by atoms with Crippen molar-refractivity contribution in [2.45, 2.75) is 142 Å². The van der Waals surface area contributed by atoms with Crippen molar-refractivity contribution in [1.29, 1.82) is 0 Å². The van der Waals surface area contributed by atoms with Crippen LogP contribution in [0.5, 0.6) is 0 Å². The third-order valence-electron chi connectivity index (χ3n) is 18.3. The molecule has 17 atom stereocenters. The molecule has 6 fully saturated rings. The van der Waals surface area contributed by atoms with Gasteiger partial charge in [0.25, 0.3) is 0 Å². The molecule has 0 heterocycles. The maximum Gasteiger partial charge on any atom is 0.306 e. The number of rotatable bonds is 10. The number of hydrogen-bond acceptors (Lipinski definition) is 9. The van der Waals surface area contributed by atoms with E-state index < -0.39 is 64.3 Å². The molecule has 0 amide bonds. The summed E-state index contributed by atoms with van der Waals surface area (Å²) in [4.78, 5) is 64.0. The topological polar surface area (TPSA) is 144 Å². The molecule has 17 unspecified atom stereocenters. The molecule has 9 nitrogen and oxygen atoms in total. The lowest BCUT2D eigenvalue weighted by Crippen LogP contribution is -2.69. The smallest absolute Gasteiger partial charge is 0.306 e. The molecule has 0 aromatic heterocycles. The first-order valence-corrected chi connectivity index (χ1v) is 22.4. The van der Waals surface area contributed by atoms with E-state index >= 15 is 4.39 Å². The van der Waals surface area contributed by atoms with Crippen LogP contribution in [0.15, 0.2) is 35.5 Å². The third kappa shape index (κ3) is 6.01. The van der Waals surface area contributed by atoms with Crippen LogP contribution in [-0.4, -0.2) is 76.5 Å². The SMILES string of the molecule is CC1CC2(C)C(OC(=O)CCC(C=O)COCC(=O)C3(O)C(C)CC4C5CCC6=CC(=O)C=CC6(C)C5(F)C(O)CC43C)CCC2C2C(C)CC3=CC(=O)CCC3C12. The number of allylic oxidation sites excluding steroid dienone is 5. The average molecular weight is 805 g/mol. The van der Waals surface area contributed by atoms with Crippen molar-refractivity contribution in [2.75, 3.05) is 13.2 Å². The van der Waals surface area contributed by atoms with Gasteiger partial charge in [-0.3, -0.25) is 19.2 Å². The zero-order valence-corrected chi connectivity index (χ0v) is 35.3. The molecule has 8 aliphatic carbocycles. The summed E-state index contributed by atoms with van der Waals surface area (Å²) in [6.07, 6.45) is 12.3. The van der Waals surface area contributed by atoms with Gasteiger partial charge >= 0.3 is 5.97 Å². The van der Waals surface area contributed by atoms with Crippen LogP contribution in [0.2, 0.25) is 0 Å². The van der Waals surface area contributed by atoms with Gasteiger partial charge in [0.15, 0.2) is 23.0 Å². The summed E-state index contributed by atoms with van der Waals surface area (Å²) in [6.45, 7) is 11.8. The van der Waals surface area contributed by atoms with Gasteiger partial charge in [0.05, 0.1) is 12.7 Å². The Morgan fingerprint density at radius 3 is 2.47 bits per heavy atom. The number of fused-ring (bicyclic) bond motifs is 10. The van der Waals surface area contributed by atoms with Gasteiger partial charge in [-0.2, -0.15) is 0 Å². The number of carbonyl (C=O) groups is 5. The Morgan fingerprint density at radius 1 is 0.966 bits per heavy atom. The normalized spacial score (nSPS) is 48.3. The number of aldehydes is 1. The summed E-state index contributed by atoms with van der Waals surface area (Å²) in [5.74, 6) is -0.0583. The first-order chi connectivity index (χ1) is 27.3. The summed E-state index contributed by atoms with van der Waals surface area (Å²) in [6, 6.07) is 0. The second-order valence-electron chi connectivity index (χ2n) is 21.1. The molecule has 0 radical (unpaired) electrons. The quantitative estimate of drug-likeness (QED) is 0.175. The third-order valence-corrected chi connectivity index (χ3v) is 18.3. The number of Topliss-reactive ketones (excluding diaryl/α,β-unsaturated/α-hetero) is 1. The highest BCUT2D eigenvalue weighted by Crippen LogP contribution is 2.71. The fourth-order valence-corrected chi connectivity index (χ4v) is 15.5. The molecule has 0 bridgehead atoms. The van der Waals surface area contributed by atoms with Crippen LogP contribution in [0, 0.1) is 75.4 Å². The molecule has 6 saturated carbocycles. The van der Waals surface area contributed by atoms with Crippen molar-refractivity contribution in [1.82, 2.24) is 0 Å². The van der Waals surface area contributed by atoms with Crippen LogP contribution in [0.1, 0.15) is 119 Å². The molecule has 0 aromatic carbocycles. The molecule has 0 aromatic rings. The summed E-state index contributed by atoms with van der Waals surface area (Å²) >= 11 is 0. The van der Waals surface area contributed by atoms with Crippen LogP contribution in [0.3, 0.4) is 0 Å². The Balaban J connectivity index is 0.860. The van der Waals surface area contributed by atoms with Crippen molar-refractivity contribution in [2.24, 2.45) is 75.4 Å². The molecule has 0 aliphatic heterocycles.